The molecule has 11 heavy (non-hydrogen) atoms. The van der Waals surface area contributed by atoms with E-state index in [0.717, 1.165) is 11.5 Å². The molecule has 0 aliphatic rings. The molecule has 0 aliphatic heterocycles. The van der Waals surface area contributed by atoms with Crippen molar-refractivity contribution in [3.8, 4) is 0 Å². The number of hydrogen-bond acceptors (Lipinski definition) is 2. The highest BCUT2D eigenvalue weighted by Crippen LogP contribution is 2.33. The van der Waals surface area contributed by atoms with Gasteiger partial charge in [0.05, 0.1) is 9.12 Å². The summed E-state index contributed by atoms with van der Waals surface area (Å²) >= 11 is 2.35. The Morgan fingerprint density at radius 2 is 1.91 bits per heavy atom. The van der Waals surface area contributed by atoms with Crippen molar-refractivity contribution in [3.63, 3.8) is 0 Å². The Balaban J connectivity index is 3.15. The van der Waals surface area contributed by atoms with Gasteiger partial charge in [0.2, 0.25) is 0 Å². The van der Waals surface area contributed by atoms with Gasteiger partial charge in [0, 0.05) is 5.56 Å². The van der Waals surface area contributed by atoms with Gasteiger partial charge in [0.1, 0.15) is 0 Å². The molecule has 0 spiro atoms. The maximum atomic E-state index is 5.20. The van der Waals surface area contributed by atoms with Crippen molar-refractivity contribution in [1.82, 2.24) is 5.16 Å². The van der Waals surface area contributed by atoms with Crippen LogP contribution in [0.2, 0.25) is 0 Å². The summed E-state index contributed by atoms with van der Waals surface area (Å²) in [7, 11) is 0. The first kappa shape index (κ1) is 9.03. The van der Waals surface area contributed by atoms with Gasteiger partial charge in [-0.1, -0.05) is 27.7 Å². The monoisotopic (exact) mass is 265 g/mol. The Hall–Kier alpha value is -0.0600. The van der Waals surface area contributed by atoms with Crippen LogP contribution in [0.25, 0.3) is 0 Å². The first-order valence-corrected chi connectivity index (χ1v) is 4.63. The summed E-state index contributed by atoms with van der Waals surface area (Å²) in [5.74, 6) is 0.982. The highest BCUT2D eigenvalue weighted by atomic mass is 127. The molecule has 0 bridgehead atoms. The first-order chi connectivity index (χ1) is 4.93. The molecule has 1 rings (SSSR count). The van der Waals surface area contributed by atoms with Crippen molar-refractivity contribution in [2.24, 2.45) is 0 Å². The quantitative estimate of drug-likeness (QED) is 0.576. The molecule has 2 nitrogen and oxygen atoms in total. The van der Waals surface area contributed by atoms with E-state index in [-0.39, 0.29) is 3.42 Å². The van der Waals surface area contributed by atoms with Crippen LogP contribution in [0.15, 0.2) is 4.52 Å². The largest absolute Gasteiger partial charge is 0.359 e. The molecule has 0 fully saturated rings. The van der Waals surface area contributed by atoms with Gasteiger partial charge in [-0.25, -0.2) is 0 Å². The average molecular weight is 265 g/mol. The Kier molecular flexibility index (Phi) is 2.27. The van der Waals surface area contributed by atoms with Crippen LogP contribution >= 0.6 is 22.6 Å². The zero-order valence-electron chi connectivity index (χ0n) is 7.23. The van der Waals surface area contributed by atoms with E-state index >= 15 is 0 Å². The SMILES string of the molecule is Cc1noc(C(C)(C)I)c1C. The van der Waals surface area contributed by atoms with E-state index in [2.05, 4.69) is 41.6 Å². The maximum Gasteiger partial charge on any atom is 0.155 e. The van der Waals surface area contributed by atoms with Crippen LogP contribution in [0.4, 0.5) is 0 Å². The third-order valence-corrected chi connectivity index (χ3v) is 2.19. The number of hydrogen-bond donors (Lipinski definition) is 0. The van der Waals surface area contributed by atoms with E-state index in [1.807, 2.05) is 13.8 Å². The van der Waals surface area contributed by atoms with Crippen molar-refractivity contribution in [2.75, 3.05) is 0 Å². The predicted molar refractivity (Wildman–Crippen MR) is 53.0 cm³/mol. The molecule has 3 heteroatoms. The number of nitrogens with zero attached hydrogens (tertiary/aromatic N) is 1. The molecule has 0 saturated heterocycles. The summed E-state index contributed by atoms with van der Waals surface area (Å²) in [4.78, 5) is 0. The molecule has 1 heterocycles. The van der Waals surface area contributed by atoms with Crippen molar-refractivity contribution in [1.29, 1.82) is 0 Å². The van der Waals surface area contributed by atoms with Gasteiger partial charge in [0.15, 0.2) is 5.76 Å². The molecule has 0 N–H and O–H groups in total. The Morgan fingerprint density at radius 3 is 2.09 bits per heavy atom. The predicted octanol–water partition coefficient (Wildman–Crippen LogP) is 2.96. The number of rotatable bonds is 1. The maximum absolute atomic E-state index is 5.20. The number of alkyl halides is 1. The molecule has 0 aliphatic carbocycles. The minimum Gasteiger partial charge on any atom is -0.359 e. The van der Waals surface area contributed by atoms with E-state index < -0.39 is 0 Å². The minimum atomic E-state index is 0.0447. The topological polar surface area (TPSA) is 26.0 Å². The molecule has 0 radical (unpaired) electrons. The summed E-state index contributed by atoms with van der Waals surface area (Å²) in [5, 5.41) is 3.90. The fourth-order valence-electron chi connectivity index (χ4n) is 0.970. The summed E-state index contributed by atoms with van der Waals surface area (Å²) in [6.45, 7) is 8.23. The molecule has 62 valence electrons. The highest BCUT2D eigenvalue weighted by molar-refractivity contribution is 14.1. The fourth-order valence-corrected chi connectivity index (χ4v) is 1.47. The number of halogens is 1. The zero-order valence-corrected chi connectivity index (χ0v) is 9.39. The normalized spacial score (nSPS) is 12.1. The van der Waals surface area contributed by atoms with Crippen LogP contribution < -0.4 is 0 Å². The second-order valence-corrected chi connectivity index (χ2v) is 5.89. The number of aryl methyl sites for hydroxylation is 1. The van der Waals surface area contributed by atoms with Crippen molar-refractivity contribution < 1.29 is 4.52 Å². The molecule has 0 atom stereocenters. The van der Waals surface area contributed by atoms with E-state index in [0.29, 0.717) is 0 Å². The second kappa shape index (κ2) is 2.77. The Morgan fingerprint density at radius 1 is 1.36 bits per heavy atom. The van der Waals surface area contributed by atoms with E-state index in [9.17, 15) is 0 Å². The van der Waals surface area contributed by atoms with E-state index in [1.54, 1.807) is 0 Å². The van der Waals surface area contributed by atoms with Crippen LogP contribution in [0, 0.1) is 13.8 Å². The summed E-state index contributed by atoms with van der Waals surface area (Å²) < 4.78 is 5.25. The van der Waals surface area contributed by atoms with Crippen LogP contribution in [-0.4, -0.2) is 5.16 Å². The highest BCUT2D eigenvalue weighted by Gasteiger charge is 2.24. The molecule has 0 saturated carbocycles. The van der Waals surface area contributed by atoms with Gasteiger partial charge in [-0.15, -0.1) is 0 Å². The van der Waals surface area contributed by atoms with Gasteiger partial charge >= 0.3 is 0 Å². The molecule has 0 amide bonds. The summed E-state index contributed by atoms with van der Waals surface area (Å²) in [5.41, 5.74) is 2.16. The van der Waals surface area contributed by atoms with Gasteiger partial charge in [-0.3, -0.25) is 0 Å². The van der Waals surface area contributed by atoms with Crippen LogP contribution in [0.3, 0.4) is 0 Å². The van der Waals surface area contributed by atoms with Gasteiger partial charge in [-0.2, -0.15) is 0 Å². The standard InChI is InChI=1S/C8H12INO/c1-5-6(2)10-11-7(5)8(3,4)9/h1-4H3. The van der Waals surface area contributed by atoms with E-state index in [1.165, 1.54) is 5.56 Å². The van der Waals surface area contributed by atoms with E-state index in [4.69, 9.17) is 4.52 Å². The third kappa shape index (κ3) is 1.75. The molecule has 0 aromatic carbocycles. The van der Waals surface area contributed by atoms with Crippen molar-refractivity contribution in [3.05, 3.63) is 17.0 Å². The zero-order chi connectivity index (χ0) is 8.65. The lowest BCUT2D eigenvalue weighted by Crippen LogP contribution is -2.06. The van der Waals surface area contributed by atoms with Crippen LogP contribution in [0.1, 0.15) is 30.9 Å². The van der Waals surface area contributed by atoms with Gasteiger partial charge in [-0.05, 0) is 27.7 Å². The number of aromatic nitrogens is 1. The third-order valence-electron chi connectivity index (χ3n) is 1.70. The molecule has 0 unspecified atom stereocenters. The Labute approximate surface area is 80.5 Å². The fraction of sp³-hybridized carbons (Fsp3) is 0.625. The lowest BCUT2D eigenvalue weighted by atomic mass is 10.1. The molecule has 1 aromatic rings. The first-order valence-electron chi connectivity index (χ1n) is 3.55. The molecular weight excluding hydrogens is 253 g/mol. The lowest BCUT2D eigenvalue weighted by Gasteiger charge is -2.12. The van der Waals surface area contributed by atoms with Crippen LogP contribution in [-0.2, 0) is 3.42 Å². The van der Waals surface area contributed by atoms with Gasteiger partial charge in [0.25, 0.3) is 0 Å². The smallest absolute Gasteiger partial charge is 0.155 e. The minimum absolute atomic E-state index is 0.0447. The molecular formula is C8H12INO. The van der Waals surface area contributed by atoms with Gasteiger partial charge < -0.3 is 4.52 Å². The van der Waals surface area contributed by atoms with Crippen molar-refractivity contribution in [2.45, 2.75) is 31.1 Å². The average Bonchev–Trinajstić information content (AvgIpc) is 2.11. The Bertz CT molecular complexity index is 260. The summed E-state index contributed by atoms with van der Waals surface area (Å²) in [6, 6.07) is 0. The van der Waals surface area contributed by atoms with Crippen LogP contribution in [0.5, 0.6) is 0 Å². The second-order valence-electron chi connectivity index (χ2n) is 3.19. The molecule has 1 aromatic heterocycles. The summed E-state index contributed by atoms with van der Waals surface area (Å²) in [6.07, 6.45) is 0. The lowest BCUT2D eigenvalue weighted by molar-refractivity contribution is 0.362. The van der Waals surface area contributed by atoms with Crippen molar-refractivity contribution >= 4 is 22.6 Å².